The summed E-state index contributed by atoms with van der Waals surface area (Å²) >= 11 is 0. The molecule has 3 aromatic rings. The Hall–Kier alpha value is -2.93. The molecule has 0 bridgehead atoms. The van der Waals surface area contributed by atoms with Gasteiger partial charge in [-0.2, -0.15) is 5.10 Å². The molecule has 0 fully saturated rings. The maximum atomic E-state index is 12.9. The first-order chi connectivity index (χ1) is 11.7. The fourth-order valence-corrected chi connectivity index (χ4v) is 2.18. The minimum Gasteiger partial charge on any atom is -0.497 e. The molecule has 0 amide bonds. The first-order valence-electron chi connectivity index (χ1n) is 7.35. The summed E-state index contributed by atoms with van der Waals surface area (Å²) in [5.41, 5.74) is 7.04. The lowest BCUT2D eigenvalue weighted by molar-refractivity contribution is 0.296. The first-order valence-corrected chi connectivity index (χ1v) is 7.35. The van der Waals surface area contributed by atoms with E-state index in [1.54, 1.807) is 19.2 Å². The summed E-state index contributed by atoms with van der Waals surface area (Å²) in [6.07, 6.45) is 0. The van der Waals surface area contributed by atoms with E-state index in [0.717, 1.165) is 11.3 Å². The van der Waals surface area contributed by atoms with Gasteiger partial charge in [0.05, 0.1) is 13.2 Å². The number of nitrogens with two attached hydrogens (primary N) is 1. The van der Waals surface area contributed by atoms with Gasteiger partial charge in [0.15, 0.2) is 11.6 Å². The number of benzene rings is 2. The number of aromatic nitrogens is 3. The van der Waals surface area contributed by atoms with Crippen LogP contribution in [0.1, 0.15) is 23.3 Å². The van der Waals surface area contributed by atoms with Gasteiger partial charge in [-0.15, -0.1) is 0 Å². The molecule has 0 spiro atoms. The molecule has 3 rings (SSSR count). The van der Waals surface area contributed by atoms with Gasteiger partial charge < -0.3 is 15.2 Å². The Balaban J connectivity index is 1.67. The number of hydrogen-bond donors (Lipinski definition) is 2. The van der Waals surface area contributed by atoms with Crippen molar-refractivity contribution >= 4 is 0 Å². The Kier molecular flexibility index (Phi) is 4.72. The van der Waals surface area contributed by atoms with Crippen LogP contribution in [0.4, 0.5) is 4.39 Å². The number of nitrogens with one attached hydrogen (secondary N) is 1. The van der Waals surface area contributed by atoms with E-state index in [1.165, 1.54) is 12.1 Å². The van der Waals surface area contributed by atoms with Crippen molar-refractivity contribution in [3.8, 4) is 11.5 Å². The summed E-state index contributed by atoms with van der Waals surface area (Å²) in [4.78, 5) is 4.34. The van der Waals surface area contributed by atoms with Crippen molar-refractivity contribution in [2.24, 2.45) is 5.73 Å². The van der Waals surface area contributed by atoms with Gasteiger partial charge in [-0.1, -0.05) is 12.1 Å². The zero-order valence-corrected chi connectivity index (χ0v) is 13.1. The second-order valence-corrected chi connectivity index (χ2v) is 5.14. The van der Waals surface area contributed by atoms with Crippen LogP contribution >= 0.6 is 0 Å². The zero-order valence-electron chi connectivity index (χ0n) is 13.1. The highest BCUT2D eigenvalue weighted by molar-refractivity contribution is 5.33. The fraction of sp³-hybridized carbons (Fsp3) is 0.176. The van der Waals surface area contributed by atoms with E-state index in [0.29, 0.717) is 17.4 Å². The number of rotatable bonds is 6. The summed E-state index contributed by atoms with van der Waals surface area (Å²) in [5.74, 6) is 1.95. The summed E-state index contributed by atoms with van der Waals surface area (Å²) in [7, 11) is 1.60. The summed E-state index contributed by atoms with van der Waals surface area (Å²) in [6, 6.07) is 12.7. The highest BCUT2D eigenvalue weighted by Gasteiger charge is 2.15. The number of nitrogens with zero attached hydrogens (tertiary/aromatic N) is 2. The molecule has 1 atom stereocenters. The number of hydrogen-bond acceptors (Lipinski definition) is 5. The summed E-state index contributed by atoms with van der Waals surface area (Å²) in [5, 5.41) is 6.93. The molecule has 6 nitrogen and oxygen atoms in total. The van der Waals surface area contributed by atoms with Gasteiger partial charge in [0.2, 0.25) is 0 Å². The van der Waals surface area contributed by atoms with E-state index in [9.17, 15) is 4.39 Å². The van der Waals surface area contributed by atoms with Crippen molar-refractivity contribution < 1.29 is 13.9 Å². The molecular weight excluding hydrogens is 311 g/mol. The Morgan fingerprint density at radius 3 is 2.71 bits per heavy atom. The van der Waals surface area contributed by atoms with Crippen LogP contribution in [-0.2, 0) is 6.61 Å². The molecule has 7 heteroatoms. The molecular formula is C17H17FN4O2. The highest BCUT2D eigenvalue weighted by Crippen LogP contribution is 2.21. The molecule has 0 saturated heterocycles. The summed E-state index contributed by atoms with van der Waals surface area (Å²) < 4.78 is 23.6. The smallest absolute Gasteiger partial charge is 0.172 e. The number of halogens is 1. The molecule has 0 unspecified atom stereocenters. The van der Waals surface area contributed by atoms with Crippen LogP contribution in [0.15, 0.2) is 48.5 Å². The highest BCUT2D eigenvalue weighted by atomic mass is 19.1. The second-order valence-electron chi connectivity index (χ2n) is 5.14. The lowest BCUT2D eigenvalue weighted by atomic mass is 10.1. The van der Waals surface area contributed by atoms with Gasteiger partial charge in [0, 0.05) is 0 Å². The van der Waals surface area contributed by atoms with E-state index in [-0.39, 0.29) is 12.4 Å². The number of H-pyrrole nitrogens is 1. The van der Waals surface area contributed by atoms with E-state index in [4.69, 9.17) is 15.2 Å². The Morgan fingerprint density at radius 2 is 1.96 bits per heavy atom. The van der Waals surface area contributed by atoms with Crippen molar-refractivity contribution in [2.45, 2.75) is 12.6 Å². The Labute approximate surface area is 138 Å². The molecule has 0 aliphatic heterocycles. The molecule has 0 aliphatic rings. The van der Waals surface area contributed by atoms with Gasteiger partial charge in [0.25, 0.3) is 0 Å². The van der Waals surface area contributed by atoms with Gasteiger partial charge >= 0.3 is 0 Å². The minimum absolute atomic E-state index is 0.184. The molecule has 3 N–H and O–H groups in total. The van der Waals surface area contributed by atoms with E-state index in [1.807, 2.05) is 24.3 Å². The summed E-state index contributed by atoms with van der Waals surface area (Å²) in [6.45, 7) is 0.184. The standard InChI is InChI=1S/C17H17FN4O2/c1-23-14-4-2-3-11(9-14)16(19)17-20-15(21-22-17)10-24-13-7-5-12(18)6-8-13/h2-9,16H,10,19H2,1H3,(H,20,21,22)/t16-/m0/s1. The lowest BCUT2D eigenvalue weighted by Gasteiger charge is -2.09. The van der Waals surface area contributed by atoms with Gasteiger partial charge in [0.1, 0.15) is 23.9 Å². The fourth-order valence-electron chi connectivity index (χ4n) is 2.18. The number of ether oxygens (including phenoxy) is 2. The lowest BCUT2D eigenvalue weighted by Crippen LogP contribution is -2.13. The maximum Gasteiger partial charge on any atom is 0.172 e. The van der Waals surface area contributed by atoms with E-state index in [2.05, 4.69) is 15.2 Å². The van der Waals surface area contributed by atoms with Crippen LogP contribution in [0.25, 0.3) is 0 Å². The molecule has 1 aromatic heterocycles. The zero-order chi connectivity index (χ0) is 16.9. The molecule has 0 saturated carbocycles. The van der Waals surface area contributed by atoms with Crippen LogP contribution in [0.5, 0.6) is 11.5 Å². The first kappa shape index (κ1) is 15.9. The Morgan fingerprint density at radius 1 is 1.17 bits per heavy atom. The third-order valence-electron chi connectivity index (χ3n) is 3.47. The van der Waals surface area contributed by atoms with Crippen LogP contribution in [0, 0.1) is 5.82 Å². The second kappa shape index (κ2) is 7.10. The molecule has 124 valence electrons. The largest absolute Gasteiger partial charge is 0.497 e. The van der Waals surface area contributed by atoms with Gasteiger partial charge in [-0.25, -0.2) is 9.37 Å². The van der Waals surface area contributed by atoms with Crippen molar-refractivity contribution in [3.63, 3.8) is 0 Å². The van der Waals surface area contributed by atoms with Crippen molar-refractivity contribution in [1.82, 2.24) is 15.2 Å². The van der Waals surface area contributed by atoms with Crippen molar-refractivity contribution in [1.29, 1.82) is 0 Å². The van der Waals surface area contributed by atoms with Crippen LogP contribution in [-0.4, -0.2) is 22.3 Å². The van der Waals surface area contributed by atoms with Crippen LogP contribution in [0.2, 0.25) is 0 Å². The monoisotopic (exact) mass is 328 g/mol. The molecule has 0 radical (unpaired) electrons. The maximum absolute atomic E-state index is 12.9. The minimum atomic E-state index is -0.476. The van der Waals surface area contributed by atoms with Gasteiger partial charge in [-0.3, -0.25) is 5.10 Å². The predicted molar refractivity (Wildman–Crippen MR) is 86.1 cm³/mol. The van der Waals surface area contributed by atoms with Crippen LogP contribution in [0.3, 0.4) is 0 Å². The quantitative estimate of drug-likeness (QED) is 0.726. The third kappa shape index (κ3) is 3.69. The molecule has 1 heterocycles. The van der Waals surface area contributed by atoms with E-state index >= 15 is 0 Å². The Bertz CT molecular complexity index is 804. The average Bonchev–Trinajstić information content (AvgIpc) is 3.09. The van der Waals surface area contributed by atoms with Crippen molar-refractivity contribution in [3.05, 3.63) is 71.6 Å². The SMILES string of the molecule is COc1cccc([C@H](N)c2n[nH]c(COc3ccc(F)cc3)n2)c1. The molecule has 2 aromatic carbocycles. The molecule has 24 heavy (non-hydrogen) atoms. The third-order valence-corrected chi connectivity index (χ3v) is 3.47. The van der Waals surface area contributed by atoms with Crippen LogP contribution < -0.4 is 15.2 Å². The number of aromatic amines is 1. The topological polar surface area (TPSA) is 86.0 Å². The number of methoxy groups -OCH3 is 1. The normalized spacial score (nSPS) is 12.0. The van der Waals surface area contributed by atoms with Gasteiger partial charge in [-0.05, 0) is 42.0 Å². The predicted octanol–water partition coefficient (Wildman–Crippen LogP) is 2.58. The van der Waals surface area contributed by atoms with E-state index < -0.39 is 6.04 Å². The molecule has 0 aliphatic carbocycles. The van der Waals surface area contributed by atoms with Crippen molar-refractivity contribution in [2.75, 3.05) is 7.11 Å². The average molecular weight is 328 g/mol.